The first-order chi connectivity index (χ1) is 17.5. The van der Waals surface area contributed by atoms with E-state index in [1.165, 1.54) is 7.11 Å². The molecule has 1 fully saturated rings. The van der Waals surface area contributed by atoms with Gasteiger partial charge in [0.1, 0.15) is 12.2 Å². The second kappa shape index (κ2) is 12.5. The molecule has 37 heavy (non-hydrogen) atoms. The van der Waals surface area contributed by atoms with E-state index in [0.29, 0.717) is 6.61 Å². The van der Waals surface area contributed by atoms with Gasteiger partial charge < -0.3 is 23.4 Å². The highest BCUT2D eigenvalue weighted by molar-refractivity contribution is 6.74. The maximum absolute atomic E-state index is 13.9. The number of Topliss-reactive ketones (excluding diaryl/α,β-unsaturated/α-hetero) is 1. The molecule has 1 heterocycles. The molecule has 202 valence electrons. The molecule has 2 aromatic rings. The standard InChI is InChI=1S/C29H40O7Si/c1-28(2,3)37(5,6)36-29(25(30)17-18-26(31)32-4)27(34-20-23-15-11-8-12-16-23)24(21-35-29)33-19-22-13-9-7-10-14-22/h7-16,24,27H,17-21H2,1-6H3/t24-,27+,29-/m1/s1. The largest absolute Gasteiger partial charge is 0.469 e. The summed E-state index contributed by atoms with van der Waals surface area (Å²) in [4.78, 5) is 25.8. The zero-order valence-corrected chi connectivity index (χ0v) is 23.8. The van der Waals surface area contributed by atoms with Crippen LogP contribution in [-0.2, 0) is 46.2 Å². The number of ether oxygens (including phenoxy) is 4. The monoisotopic (exact) mass is 528 g/mol. The lowest BCUT2D eigenvalue weighted by Gasteiger charge is -2.44. The van der Waals surface area contributed by atoms with E-state index in [2.05, 4.69) is 33.9 Å². The van der Waals surface area contributed by atoms with Crippen LogP contribution in [0.4, 0.5) is 0 Å². The highest BCUT2D eigenvalue weighted by Crippen LogP contribution is 2.44. The van der Waals surface area contributed by atoms with Gasteiger partial charge >= 0.3 is 5.97 Å². The van der Waals surface area contributed by atoms with Gasteiger partial charge in [-0.3, -0.25) is 9.59 Å². The molecular weight excluding hydrogens is 488 g/mol. The first-order valence-corrected chi connectivity index (χ1v) is 15.6. The van der Waals surface area contributed by atoms with Gasteiger partial charge in [-0.25, -0.2) is 0 Å². The molecule has 1 aliphatic rings. The number of carbonyl (C=O) groups is 2. The van der Waals surface area contributed by atoms with Crippen LogP contribution in [0.2, 0.25) is 18.1 Å². The Labute approximate surface area is 221 Å². The molecular formula is C29H40O7Si. The van der Waals surface area contributed by atoms with Gasteiger partial charge in [0.15, 0.2) is 14.1 Å². The molecule has 3 rings (SSSR count). The molecule has 0 saturated carbocycles. The summed E-state index contributed by atoms with van der Waals surface area (Å²) in [5, 5.41) is -0.195. The number of carbonyl (C=O) groups excluding carboxylic acids is 2. The highest BCUT2D eigenvalue weighted by atomic mass is 28.4. The number of methoxy groups -OCH3 is 1. The van der Waals surface area contributed by atoms with Crippen molar-refractivity contribution < 1.29 is 33.0 Å². The summed E-state index contributed by atoms with van der Waals surface area (Å²) >= 11 is 0. The van der Waals surface area contributed by atoms with E-state index in [1.807, 2.05) is 60.7 Å². The van der Waals surface area contributed by atoms with Crippen molar-refractivity contribution in [1.82, 2.24) is 0 Å². The maximum atomic E-state index is 13.9. The summed E-state index contributed by atoms with van der Waals surface area (Å²) in [6, 6.07) is 19.6. The molecule has 0 bridgehead atoms. The van der Waals surface area contributed by atoms with E-state index < -0.39 is 32.3 Å². The predicted octanol–water partition coefficient (Wildman–Crippen LogP) is 5.43. The number of esters is 1. The fourth-order valence-corrected chi connectivity index (χ4v) is 5.27. The van der Waals surface area contributed by atoms with Crippen LogP contribution >= 0.6 is 0 Å². The molecule has 0 N–H and O–H groups in total. The van der Waals surface area contributed by atoms with Crippen LogP contribution in [0, 0.1) is 0 Å². The Morgan fingerprint density at radius 3 is 1.97 bits per heavy atom. The molecule has 1 aliphatic heterocycles. The van der Waals surface area contributed by atoms with Gasteiger partial charge in [-0.1, -0.05) is 81.4 Å². The Bertz CT molecular complexity index is 1020. The Balaban J connectivity index is 1.95. The molecule has 1 saturated heterocycles. The number of benzene rings is 2. The van der Waals surface area contributed by atoms with Crippen LogP contribution in [0.5, 0.6) is 0 Å². The average Bonchev–Trinajstić information content (AvgIpc) is 3.22. The second-order valence-corrected chi connectivity index (χ2v) is 15.6. The average molecular weight is 529 g/mol. The van der Waals surface area contributed by atoms with Crippen molar-refractivity contribution in [2.45, 2.75) is 83.0 Å². The molecule has 0 aliphatic carbocycles. The molecule has 3 atom stereocenters. The van der Waals surface area contributed by atoms with Gasteiger partial charge in [-0.15, -0.1) is 0 Å². The SMILES string of the molecule is COC(=O)CCC(=O)[C@]1(O[Si](C)(C)C(C)(C)C)OC[C@@H](OCc2ccccc2)[C@@H]1OCc1ccccc1. The minimum absolute atomic E-state index is 0.0672. The van der Waals surface area contributed by atoms with E-state index in [4.69, 9.17) is 23.4 Å². The van der Waals surface area contributed by atoms with Gasteiger partial charge in [-0.05, 0) is 29.3 Å². The number of hydrogen-bond donors (Lipinski definition) is 0. The first-order valence-electron chi connectivity index (χ1n) is 12.7. The van der Waals surface area contributed by atoms with Crippen molar-refractivity contribution in [3.63, 3.8) is 0 Å². The lowest BCUT2D eigenvalue weighted by Crippen LogP contribution is -2.60. The van der Waals surface area contributed by atoms with Crippen LogP contribution in [0.25, 0.3) is 0 Å². The molecule has 8 heteroatoms. The van der Waals surface area contributed by atoms with Crippen molar-refractivity contribution in [2.24, 2.45) is 0 Å². The highest BCUT2D eigenvalue weighted by Gasteiger charge is 2.61. The van der Waals surface area contributed by atoms with Crippen LogP contribution in [0.1, 0.15) is 44.7 Å². The minimum atomic E-state index is -2.53. The molecule has 0 unspecified atom stereocenters. The van der Waals surface area contributed by atoms with Crippen molar-refractivity contribution in [3.8, 4) is 0 Å². The van der Waals surface area contributed by atoms with Crippen LogP contribution < -0.4 is 0 Å². The zero-order chi connectivity index (χ0) is 27.1. The smallest absolute Gasteiger partial charge is 0.305 e. The molecule has 2 aromatic carbocycles. The summed E-state index contributed by atoms with van der Waals surface area (Å²) in [6.07, 6.45) is -1.52. The topological polar surface area (TPSA) is 80.3 Å². The van der Waals surface area contributed by atoms with Gasteiger partial charge in [0, 0.05) is 6.42 Å². The van der Waals surface area contributed by atoms with Gasteiger partial charge in [-0.2, -0.15) is 0 Å². The van der Waals surface area contributed by atoms with Crippen LogP contribution in [-0.4, -0.2) is 51.8 Å². The van der Waals surface area contributed by atoms with Gasteiger partial charge in [0.25, 0.3) is 0 Å². The third kappa shape index (κ3) is 7.36. The van der Waals surface area contributed by atoms with Gasteiger partial charge in [0.2, 0.25) is 5.79 Å². The lowest BCUT2D eigenvalue weighted by atomic mass is 9.99. The molecule has 0 amide bonds. The molecule has 7 nitrogen and oxygen atoms in total. The van der Waals surface area contributed by atoms with Crippen molar-refractivity contribution in [1.29, 1.82) is 0 Å². The second-order valence-electron chi connectivity index (χ2n) is 10.9. The minimum Gasteiger partial charge on any atom is -0.469 e. The quantitative estimate of drug-likeness (QED) is 0.268. The van der Waals surface area contributed by atoms with E-state index in [1.54, 1.807) is 0 Å². The normalized spacial score (nSPS) is 22.1. The maximum Gasteiger partial charge on any atom is 0.305 e. The van der Waals surface area contributed by atoms with Crippen LogP contribution in [0.3, 0.4) is 0 Å². The fraction of sp³-hybridized carbons (Fsp3) is 0.517. The Kier molecular flexibility index (Phi) is 9.83. The summed E-state index contributed by atoms with van der Waals surface area (Å²) in [5.74, 6) is -2.49. The fourth-order valence-electron chi connectivity index (χ4n) is 3.92. The Hall–Kier alpha value is -2.36. The molecule has 0 aromatic heterocycles. The molecule has 0 spiro atoms. The third-order valence-corrected chi connectivity index (χ3v) is 11.6. The Morgan fingerprint density at radius 1 is 0.919 bits per heavy atom. The lowest BCUT2D eigenvalue weighted by molar-refractivity contribution is -0.218. The van der Waals surface area contributed by atoms with Crippen molar-refractivity contribution >= 4 is 20.1 Å². The zero-order valence-electron chi connectivity index (χ0n) is 22.8. The number of ketones is 1. The van der Waals surface area contributed by atoms with E-state index in [9.17, 15) is 9.59 Å². The van der Waals surface area contributed by atoms with Crippen LogP contribution in [0.15, 0.2) is 60.7 Å². The summed E-state index contributed by atoms with van der Waals surface area (Å²) in [7, 11) is -1.23. The van der Waals surface area contributed by atoms with Gasteiger partial charge in [0.05, 0.1) is 33.4 Å². The number of hydrogen-bond acceptors (Lipinski definition) is 7. The summed E-state index contributed by atoms with van der Waals surface area (Å²) in [6.45, 7) is 11.2. The molecule has 0 radical (unpaired) electrons. The summed E-state index contributed by atoms with van der Waals surface area (Å²) in [5.41, 5.74) is 1.96. The Morgan fingerprint density at radius 2 is 1.46 bits per heavy atom. The van der Waals surface area contributed by atoms with Crippen molar-refractivity contribution in [3.05, 3.63) is 71.8 Å². The van der Waals surface area contributed by atoms with E-state index in [0.717, 1.165) is 11.1 Å². The van der Waals surface area contributed by atoms with E-state index >= 15 is 0 Å². The number of rotatable bonds is 12. The third-order valence-electron chi connectivity index (χ3n) is 7.14. The first kappa shape index (κ1) is 29.2. The van der Waals surface area contributed by atoms with E-state index in [-0.39, 0.29) is 36.9 Å². The predicted molar refractivity (Wildman–Crippen MR) is 143 cm³/mol. The van der Waals surface area contributed by atoms with Crippen molar-refractivity contribution in [2.75, 3.05) is 13.7 Å². The summed E-state index contributed by atoms with van der Waals surface area (Å²) < 4.78 is 30.5.